The molecule has 0 fully saturated rings. The van der Waals surface area contributed by atoms with Gasteiger partial charge in [-0.1, -0.05) is 12.1 Å². The number of hydrazone groups is 1. The van der Waals surface area contributed by atoms with Crippen LogP contribution in [0.4, 0.5) is 0 Å². The minimum absolute atomic E-state index is 0.00383. The maximum absolute atomic E-state index is 11.7. The molecular formula is C14H12N2O4. The molecule has 0 saturated heterocycles. The summed E-state index contributed by atoms with van der Waals surface area (Å²) in [6.07, 6.45) is 1.36. The molecule has 6 heteroatoms. The molecular weight excluding hydrogens is 260 g/mol. The third-order valence-corrected chi connectivity index (χ3v) is 2.48. The number of carbonyl (C=O) groups excluding carboxylic acids is 1. The number of phenolic OH excluding ortho intramolecular Hbond substituents is 3. The van der Waals surface area contributed by atoms with Gasteiger partial charge in [0.15, 0.2) is 0 Å². The minimum atomic E-state index is -0.612. The van der Waals surface area contributed by atoms with Gasteiger partial charge in [0.05, 0.1) is 11.8 Å². The van der Waals surface area contributed by atoms with Gasteiger partial charge in [0, 0.05) is 6.07 Å². The number of carbonyl (C=O) groups is 1. The van der Waals surface area contributed by atoms with E-state index < -0.39 is 5.91 Å². The van der Waals surface area contributed by atoms with Crippen molar-refractivity contribution >= 4 is 12.1 Å². The van der Waals surface area contributed by atoms with Crippen molar-refractivity contribution in [2.75, 3.05) is 0 Å². The number of hydrogen-bond acceptors (Lipinski definition) is 5. The summed E-state index contributed by atoms with van der Waals surface area (Å²) in [5.41, 5.74) is 2.84. The Labute approximate surface area is 114 Å². The number of rotatable bonds is 3. The fourth-order valence-electron chi connectivity index (χ4n) is 1.54. The zero-order valence-electron chi connectivity index (χ0n) is 10.3. The summed E-state index contributed by atoms with van der Waals surface area (Å²) in [7, 11) is 0. The van der Waals surface area contributed by atoms with E-state index in [1.54, 1.807) is 12.1 Å². The van der Waals surface area contributed by atoms with Crippen molar-refractivity contribution in [2.24, 2.45) is 5.10 Å². The highest BCUT2D eigenvalue weighted by molar-refractivity contribution is 5.97. The second-order valence-corrected chi connectivity index (χ2v) is 4.00. The normalized spacial score (nSPS) is 10.6. The van der Waals surface area contributed by atoms with E-state index in [0.717, 1.165) is 6.07 Å². The minimum Gasteiger partial charge on any atom is -0.508 e. The molecule has 2 rings (SSSR count). The van der Waals surface area contributed by atoms with Gasteiger partial charge in [0.1, 0.15) is 17.2 Å². The molecule has 0 aliphatic carbocycles. The third-order valence-electron chi connectivity index (χ3n) is 2.48. The second-order valence-electron chi connectivity index (χ2n) is 4.00. The summed E-state index contributed by atoms with van der Waals surface area (Å²) < 4.78 is 0. The number of aromatic hydroxyl groups is 3. The molecule has 0 atom stereocenters. The maximum atomic E-state index is 11.7. The van der Waals surface area contributed by atoms with E-state index in [1.165, 1.54) is 30.5 Å². The van der Waals surface area contributed by atoms with Crippen LogP contribution in [0.15, 0.2) is 47.6 Å². The zero-order valence-corrected chi connectivity index (χ0v) is 10.3. The van der Waals surface area contributed by atoms with Gasteiger partial charge in [-0.15, -0.1) is 0 Å². The van der Waals surface area contributed by atoms with Gasteiger partial charge >= 0.3 is 0 Å². The van der Waals surface area contributed by atoms with Gasteiger partial charge in [-0.2, -0.15) is 5.10 Å². The highest BCUT2D eigenvalue weighted by atomic mass is 16.3. The molecule has 6 nitrogen and oxygen atoms in total. The molecule has 0 radical (unpaired) electrons. The molecule has 4 N–H and O–H groups in total. The second kappa shape index (κ2) is 5.75. The monoisotopic (exact) mass is 272 g/mol. The molecule has 1 amide bonds. The SMILES string of the molecule is O=C(NN=Cc1cccc(O)c1)c1ccc(O)cc1O. The van der Waals surface area contributed by atoms with Crippen molar-refractivity contribution in [2.45, 2.75) is 0 Å². The van der Waals surface area contributed by atoms with E-state index in [4.69, 9.17) is 5.11 Å². The average molecular weight is 272 g/mol. The smallest absolute Gasteiger partial charge is 0.275 e. The van der Waals surface area contributed by atoms with E-state index in [1.807, 2.05) is 0 Å². The maximum Gasteiger partial charge on any atom is 0.275 e. The van der Waals surface area contributed by atoms with E-state index in [-0.39, 0.29) is 22.8 Å². The average Bonchev–Trinajstić information content (AvgIpc) is 2.38. The lowest BCUT2D eigenvalue weighted by molar-refractivity contribution is 0.0952. The largest absolute Gasteiger partial charge is 0.508 e. The first-order chi connectivity index (χ1) is 9.56. The molecule has 0 saturated carbocycles. The van der Waals surface area contributed by atoms with E-state index in [9.17, 15) is 15.0 Å². The summed E-state index contributed by atoms with van der Waals surface area (Å²) in [6, 6.07) is 9.97. The molecule has 0 bridgehead atoms. The lowest BCUT2D eigenvalue weighted by Crippen LogP contribution is -2.17. The Morgan fingerprint density at radius 2 is 1.80 bits per heavy atom. The van der Waals surface area contributed by atoms with Crippen LogP contribution in [0.3, 0.4) is 0 Å². The summed E-state index contributed by atoms with van der Waals surface area (Å²) in [4.78, 5) is 11.7. The van der Waals surface area contributed by atoms with Crippen molar-refractivity contribution in [1.82, 2.24) is 5.43 Å². The van der Waals surface area contributed by atoms with Crippen LogP contribution in [0.25, 0.3) is 0 Å². The first-order valence-corrected chi connectivity index (χ1v) is 5.70. The Balaban J connectivity index is 2.05. The van der Waals surface area contributed by atoms with Crippen molar-refractivity contribution < 1.29 is 20.1 Å². The molecule has 0 heterocycles. The number of hydrogen-bond donors (Lipinski definition) is 4. The predicted octanol–water partition coefficient (Wildman–Crippen LogP) is 1.57. The van der Waals surface area contributed by atoms with Crippen molar-refractivity contribution in [3.63, 3.8) is 0 Å². The van der Waals surface area contributed by atoms with Gasteiger partial charge in [-0.25, -0.2) is 5.43 Å². The van der Waals surface area contributed by atoms with Crippen LogP contribution < -0.4 is 5.43 Å². The van der Waals surface area contributed by atoms with Gasteiger partial charge in [-0.3, -0.25) is 4.79 Å². The number of benzene rings is 2. The number of nitrogens with zero attached hydrogens (tertiary/aromatic N) is 1. The standard InChI is InChI=1S/C14H12N2O4/c17-10-3-1-2-9(6-10)8-15-16-14(20)12-5-4-11(18)7-13(12)19/h1-8,17-19H,(H,16,20). The summed E-state index contributed by atoms with van der Waals surface area (Å²) in [5.74, 6) is -0.993. The topological polar surface area (TPSA) is 102 Å². The Morgan fingerprint density at radius 3 is 2.50 bits per heavy atom. The summed E-state index contributed by atoms with van der Waals surface area (Å²) in [6.45, 7) is 0. The Hall–Kier alpha value is -3.02. The highest BCUT2D eigenvalue weighted by Gasteiger charge is 2.10. The van der Waals surface area contributed by atoms with Crippen LogP contribution in [0.5, 0.6) is 17.2 Å². The van der Waals surface area contributed by atoms with E-state index in [0.29, 0.717) is 5.56 Å². The summed E-state index contributed by atoms with van der Waals surface area (Å²) in [5, 5.41) is 31.6. The van der Waals surface area contributed by atoms with Gasteiger partial charge in [0.2, 0.25) is 0 Å². The zero-order chi connectivity index (χ0) is 14.5. The molecule has 102 valence electrons. The number of phenols is 3. The molecule has 0 aliphatic rings. The Morgan fingerprint density at radius 1 is 1.05 bits per heavy atom. The van der Waals surface area contributed by atoms with Crippen LogP contribution in [0.2, 0.25) is 0 Å². The summed E-state index contributed by atoms with van der Waals surface area (Å²) >= 11 is 0. The lowest BCUT2D eigenvalue weighted by Gasteiger charge is -2.03. The predicted molar refractivity (Wildman–Crippen MR) is 72.9 cm³/mol. The van der Waals surface area contributed by atoms with Gasteiger partial charge < -0.3 is 15.3 Å². The Kier molecular flexibility index (Phi) is 3.85. The van der Waals surface area contributed by atoms with Gasteiger partial charge in [0.25, 0.3) is 5.91 Å². The van der Waals surface area contributed by atoms with Crippen LogP contribution >= 0.6 is 0 Å². The molecule has 2 aromatic rings. The molecule has 0 aliphatic heterocycles. The van der Waals surface area contributed by atoms with Crippen molar-refractivity contribution in [3.8, 4) is 17.2 Å². The molecule has 0 spiro atoms. The van der Waals surface area contributed by atoms with Crippen molar-refractivity contribution in [1.29, 1.82) is 0 Å². The molecule has 0 aromatic heterocycles. The number of amides is 1. The van der Waals surface area contributed by atoms with Crippen LogP contribution in [0.1, 0.15) is 15.9 Å². The Bertz CT molecular complexity index is 668. The third kappa shape index (κ3) is 3.26. The quantitative estimate of drug-likeness (QED) is 0.503. The van der Waals surface area contributed by atoms with Crippen molar-refractivity contribution in [3.05, 3.63) is 53.6 Å². The molecule has 2 aromatic carbocycles. The highest BCUT2D eigenvalue weighted by Crippen LogP contribution is 2.22. The number of nitrogens with one attached hydrogen (secondary N) is 1. The molecule has 20 heavy (non-hydrogen) atoms. The van der Waals surface area contributed by atoms with Gasteiger partial charge in [-0.05, 0) is 29.8 Å². The van der Waals surface area contributed by atoms with Crippen LogP contribution in [0, 0.1) is 0 Å². The van der Waals surface area contributed by atoms with Crippen LogP contribution in [-0.2, 0) is 0 Å². The van der Waals surface area contributed by atoms with Crippen LogP contribution in [-0.4, -0.2) is 27.4 Å². The first-order valence-electron chi connectivity index (χ1n) is 5.70. The lowest BCUT2D eigenvalue weighted by atomic mass is 10.2. The van der Waals surface area contributed by atoms with E-state index >= 15 is 0 Å². The van der Waals surface area contributed by atoms with E-state index in [2.05, 4.69) is 10.5 Å². The first kappa shape index (κ1) is 13.4. The fourth-order valence-corrected chi connectivity index (χ4v) is 1.54. The molecule has 0 unspecified atom stereocenters. The fraction of sp³-hybridized carbons (Fsp3) is 0.